The van der Waals surface area contributed by atoms with Crippen molar-refractivity contribution in [3.8, 4) is 0 Å². The van der Waals surface area contributed by atoms with Crippen LogP contribution in [0.25, 0.3) is 10.8 Å². The van der Waals surface area contributed by atoms with E-state index in [2.05, 4.69) is 139 Å². The predicted molar refractivity (Wildman–Crippen MR) is 182 cm³/mol. The molecule has 1 aliphatic heterocycles. The molecule has 0 saturated carbocycles. The number of rotatable bonds is 5. The average molecular weight is 675 g/mol. The van der Waals surface area contributed by atoms with Crippen molar-refractivity contribution in [1.29, 1.82) is 0 Å². The molecular weight excluding hydrogens is 642 g/mol. The molecule has 1 heterocycles. The van der Waals surface area contributed by atoms with Gasteiger partial charge in [-0.3, -0.25) is 0 Å². The van der Waals surface area contributed by atoms with Gasteiger partial charge in [0.15, 0.2) is 13.9 Å². The van der Waals surface area contributed by atoms with Gasteiger partial charge in [0.05, 0.1) is 5.69 Å². The molecule has 5 aromatic carbocycles. The van der Waals surface area contributed by atoms with Crippen LogP contribution in [0.5, 0.6) is 0 Å². The van der Waals surface area contributed by atoms with E-state index < -0.39 is 19.5 Å². The first-order chi connectivity index (χ1) is 20.5. The van der Waals surface area contributed by atoms with Crippen LogP contribution in [0.15, 0.2) is 132 Å². The van der Waals surface area contributed by atoms with Crippen LogP contribution in [0.2, 0.25) is 0 Å². The second-order valence-corrected chi connectivity index (χ2v) is 17.9. The van der Waals surface area contributed by atoms with Crippen molar-refractivity contribution < 1.29 is 16.1 Å². The Kier molecular flexibility index (Phi) is 13.7. The minimum absolute atomic E-state index is 0.896. The molecule has 0 aromatic heterocycles. The summed E-state index contributed by atoms with van der Waals surface area (Å²) in [5.74, 6) is 0.896. The van der Waals surface area contributed by atoms with Crippen LogP contribution < -0.4 is 15.7 Å². The molecule has 1 N–H and O–H groups in total. The Labute approximate surface area is 267 Å². The zero-order valence-electron chi connectivity index (χ0n) is 23.2. The number of ether oxygens (including phenoxy) is 1. The normalized spacial score (nSPS) is 12.9. The zero-order valence-corrected chi connectivity index (χ0v) is 27.8. The average Bonchev–Trinajstić information content (AvgIpc) is 3.61. The quantitative estimate of drug-likeness (QED) is 0.0872. The van der Waals surface area contributed by atoms with Crippen LogP contribution in [0, 0.1) is 13.5 Å². The van der Waals surface area contributed by atoms with Crippen LogP contribution in [-0.2, 0) is 16.1 Å². The molecule has 3 nitrogen and oxygen atoms in total. The van der Waals surface area contributed by atoms with Gasteiger partial charge in [-0.25, -0.2) is 16.7 Å². The van der Waals surface area contributed by atoms with E-state index in [1.165, 1.54) is 28.0 Å². The molecule has 42 heavy (non-hydrogen) atoms. The molecule has 0 radical (unpaired) electrons. The van der Waals surface area contributed by atoms with Crippen LogP contribution in [0.3, 0.4) is 0 Å². The summed E-state index contributed by atoms with van der Waals surface area (Å²) in [6.45, 7) is 4.92. The van der Waals surface area contributed by atoms with E-state index in [-0.39, 0.29) is 0 Å². The first kappa shape index (κ1) is 32.5. The number of aliphatic imine (C=N–C) groups is 1. The summed E-state index contributed by atoms with van der Waals surface area (Å²) in [5.41, 5.74) is 3.29. The SMILES string of the molecule is Cc1ccc(C(=Nc2cccc3ccccc23)N[PH+](c2ccccc2)c2ccccc2)cc1.[CH-]1CCCO1.[Cl][Cr+]([Cl])[Cl]. The van der Waals surface area contributed by atoms with Crippen molar-refractivity contribution in [3.63, 3.8) is 0 Å². The fourth-order valence-corrected chi connectivity index (χ4v) is 6.47. The van der Waals surface area contributed by atoms with Gasteiger partial charge in [-0.1, -0.05) is 109 Å². The second-order valence-electron chi connectivity index (χ2n) is 9.41. The number of benzene rings is 5. The fourth-order valence-electron chi connectivity index (χ4n) is 4.36. The summed E-state index contributed by atoms with van der Waals surface area (Å²) in [6, 6.07) is 44.7. The number of aryl methyl sites for hydroxylation is 1. The predicted octanol–water partition coefficient (Wildman–Crippen LogP) is 9.62. The van der Waals surface area contributed by atoms with Gasteiger partial charge in [0.25, 0.3) is 0 Å². The number of nitrogens with one attached hydrogen (secondary N) is 1. The Balaban J connectivity index is 0.000000389. The Morgan fingerprint density at radius 2 is 1.33 bits per heavy atom. The van der Waals surface area contributed by atoms with Gasteiger partial charge in [-0.15, -0.1) is 0 Å². The number of hydrogen-bond donors (Lipinski definition) is 1. The van der Waals surface area contributed by atoms with Crippen LogP contribution in [0.1, 0.15) is 24.0 Å². The van der Waals surface area contributed by atoms with E-state index in [1.54, 1.807) is 0 Å². The monoisotopic (exact) mass is 673 g/mol. The Morgan fingerprint density at radius 1 is 0.762 bits per heavy atom. The molecular formula is C34H33Cl3CrN2OP+. The van der Waals surface area contributed by atoms with Gasteiger partial charge in [0, 0.05) is 17.6 Å². The molecule has 0 unspecified atom stereocenters. The van der Waals surface area contributed by atoms with Crippen molar-refractivity contribution in [2.75, 3.05) is 6.61 Å². The number of halogens is 3. The third-order valence-corrected chi connectivity index (χ3v) is 8.70. The summed E-state index contributed by atoms with van der Waals surface area (Å²) in [6.07, 6.45) is 2.38. The first-order valence-electron chi connectivity index (χ1n) is 13.6. The van der Waals surface area contributed by atoms with Crippen LogP contribution >= 0.6 is 38.2 Å². The molecule has 216 valence electrons. The molecule has 1 saturated heterocycles. The van der Waals surface area contributed by atoms with Gasteiger partial charge >= 0.3 is 41.5 Å². The maximum atomic E-state index is 5.21. The number of hydrogen-bond acceptors (Lipinski definition) is 2. The summed E-state index contributed by atoms with van der Waals surface area (Å²) < 4.78 is 4.82. The van der Waals surface area contributed by atoms with E-state index in [9.17, 15) is 0 Å². The van der Waals surface area contributed by atoms with E-state index >= 15 is 0 Å². The standard InChI is InChI=1S/C30H25N2P.C4H7O.3ClH.Cr/c1-23-19-21-25(22-20-23)30(31-29-18-10-12-24-11-8-9-17-28(24)29)32-33(26-13-4-2-5-14-26)27-15-6-3-7-16-27;1-2-4-5-3-1;;;;/h2-22H,1H3,(H,31,32);3H,1-2,4H2;3*1H;/q;-1;;;;+4/p-2. The molecule has 0 spiro atoms. The van der Waals surface area contributed by atoms with Gasteiger partial charge < -0.3 is 4.74 Å². The van der Waals surface area contributed by atoms with Gasteiger partial charge in [-0.2, -0.15) is 6.42 Å². The Bertz CT molecular complexity index is 1480. The second kappa shape index (κ2) is 17.7. The number of nitrogens with zero attached hydrogens (tertiary/aromatic N) is 1. The summed E-state index contributed by atoms with van der Waals surface area (Å²) in [4.78, 5) is 5.21. The van der Waals surface area contributed by atoms with E-state index in [0.717, 1.165) is 35.5 Å². The summed E-state index contributed by atoms with van der Waals surface area (Å²) >= 11 is -1.62. The summed E-state index contributed by atoms with van der Waals surface area (Å²) in [7, 11) is 13.5. The van der Waals surface area contributed by atoms with Crippen LogP contribution in [-0.4, -0.2) is 12.4 Å². The fraction of sp³-hybridized carbons (Fsp3) is 0.118. The van der Waals surface area contributed by atoms with Crippen molar-refractivity contribution in [1.82, 2.24) is 5.09 Å². The molecule has 0 bridgehead atoms. The van der Waals surface area contributed by atoms with Gasteiger partial charge in [0.1, 0.15) is 10.6 Å². The molecule has 0 atom stereocenters. The third kappa shape index (κ3) is 10.4. The molecule has 5 aromatic rings. The molecule has 1 aliphatic rings. The van der Waals surface area contributed by atoms with Crippen molar-refractivity contribution in [2.45, 2.75) is 19.8 Å². The van der Waals surface area contributed by atoms with Crippen LogP contribution in [0.4, 0.5) is 5.69 Å². The van der Waals surface area contributed by atoms with Crippen molar-refractivity contribution in [2.24, 2.45) is 4.99 Å². The topological polar surface area (TPSA) is 33.6 Å². The molecule has 8 heteroatoms. The molecule has 0 aliphatic carbocycles. The minimum atomic E-state index is -1.62. The van der Waals surface area contributed by atoms with Crippen molar-refractivity contribution >= 4 is 71.1 Å². The van der Waals surface area contributed by atoms with E-state index in [0.29, 0.717) is 0 Å². The van der Waals surface area contributed by atoms with E-state index in [1.807, 2.05) is 6.61 Å². The maximum absolute atomic E-state index is 5.21. The van der Waals surface area contributed by atoms with Crippen molar-refractivity contribution in [3.05, 3.63) is 145 Å². The molecule has 1 fully saturated rings. The summed E-state index contributed by atoms with van der Waals surface area (Å²) in [5, 5.41) is 8.83. The zero-order chi connectivity index (χ0) is 29.6. The van der Waals surface area contributed by atoms with Gasteiger partial charge in [0.2, 0.25) is 0 Å². The number of fused-ring (bicyclic) bond motifs is 1. The Hall–Kier alpha value is -2.38. The van der Waals surface area contributed by atoms with Gasteiger partial charge in [-0.05, 0) is 42.6 Å². The molecule has 6 rings (SSSR count). The Morgan fingerprint density at radius 3 is 1.88 bits per heavy atom. The number of amidine groups is 1. The third-order valence-electron chi connectivity index (χ3n) is 6.39. The first-order valence-corrected chi connectivity index (χ1v) is 20.3. The van der Waals surface area contributed by atoms with E-state index in [4.69, 9.17) is 39.9 Å². The molecule has 0 amide bonds.